The third kappa shape index (κ3) is 11.1. The van der Waals surface area contributed by atoms with Crippen LogP contribution < -0.4 is 21.3 Å². The molecule has 4 amide bonds. The first-order chi connectivity index (χ1) is 35.3. The number of rotatable bonds is 14. The van der Waals surface area contributed by atoms with E-state index in [9.17, 15) is 28.5 Å². The van der Waals surface area contributed by atoms with Crippen LogP contribution in [0.1, 0.15) is 37.4 Å². The summed E-state index contributed by atoms with van der Waals surface area (Å²) in [4.78, 5) is 72.2. The SMILES string of the molecule is CCNC(=O)Nc1ncnc2c1ncn2[C@@H]1O[C@H](COP(=O)(O)OP(=O)(O)OC[C@H]2O[C@@H](n3cnc4c(NC(=O)NCC)ncnc43)C3OC(C#Cc4ccccc4)OC32)C2OC(C#Cc3ccccc3)OC21. The van der Waals surface area contributed by atoms with Gasteiger partial charge in [0.2, 0.25) is 12.6 Å². The third-order valence-corrected chi connectivity index (χ3v) is 13.9. The molecule has 73 heavy (non-hydrogen) atoms. The number of benzene rings is 2. The van der Waals surface area contributed by atoms with Crippen LogP contribution in [0.15, 0.2) is 86.0 Å². The second-order valence-corrected chi connectivity index (χ2v) is 19.2. The Labute approximate surface area is 413 Å². The van der Waals surface area contributed by atoms with E-state index in [1.54, 1.807) is 38.1 Å². The van der Waals surface area contributed by atoms with Gasteiger partial charge in [0.25, 0.3) is 0 Å². The summed E-state index contributed by atoms with van der Waals surface area (Å²) in [5.41, 5.74) is 2.24. The van der Waals surface area contributed by atoms with Crippen LogP contribution in [-0.4, -0.2) is 136 Å². The largest absolute Gasteiger partial charge is 0.481 e. The zero-order valence-electron chi connectivity index (χ0n) is 38.4. The molecule has 4 aliphatic heterocycles. The number of phosphoric ester groups is 2. The molecule has 8 unspecified atom stereocenters. The number of nitrogens with one attached hydrogen (secondary N) is 4. The van der Waals surface area contributed by atoms with Crippen molar-refractivity contribution in [2.45, 2.75) is 75.5 Å². The minimum atomic E-state index is -5.45. The van der Waals surface area contributed by atoms with Gasteiger partial charge in [0.15, 0.2) is 46.4 Å². The first-order valence-electron chi connectivity index (χ1n) is 22.5. The highest BCUT2D eigenvalue weighted by Gasteiger charge is 2.56. The summed E-state index contributed by atoms with van der Waals surface area (Å²) in [6, 6.07) is 17.1. The molecular formula is C44H44N12O15P2. The number of fused-ring (bicyclic) bond motifs is 4. The Morgan fingerprint density at radius 1 is 0.603 bits per heavy atom. The number of ether oxygens (including phenoxy) is 6. The summed E-state index contributed by atoms with van der Waals surface area (Å²) >= 11 is 0. The second-order valence-electron chi connectivity index (χ2n) is 16.1. The monoisotopic (exact) mass is 1040 g/mol. The smallest absolute Gasteiger partial charge is 0.347 e. The van der Waals surface area contributed by atoms with Crippen molar-refractivity contribution in [1.82, 2.24) is 49.7 Å². The molecule has 6 aromatic rings. The van der Waals surface area contributed by atoms with Crippen LogP contribution >= 0.6 is 15.6 Å². The quantitative estimate of drug-likeness (QED) is 0.0673. The highest BCUT2D eigenvalue weighted by atomic mass is 31.3. The molecule has 6 N–H and O–H groups in total. The van der Waals surface area contributed by atoms with Gasteiger partial charge in [-0.1, -0.05) is 48.2 Å². The number of amides is 4. The fourth-order valence-electron chi connectivity index (χ4n) is 8.25. The molecule has 27 nitrogen and oxygen atoms in total. The van der Waals surface area contributed by atoms with E-state index in [4.69, 9.17) is 41.8 Å². The van der Waals surface area contributed by atoms with Crippen molar-refractivity contribution >= 4 is 61.7 Å². The number of nitrogens with zero attached hydrogens (tertiary/aromatic N) is 8. The number of anilines is 2. The third-order valence-electron chi connectivity index (χ3n) is 11.3. The molecule has 0 aliphatic carbocycles. The van der Waals surface area contributed by atoms with Crippen molar-refractivity contribution in [1.29, 1.82) is 0 Å². The van der Waals surface area contributed by atoms with Crippen LogP contribution in [0.5, 0.6) is 0 Å². The number of hydrogen-bond donors (Lipinski definition) is 6. The molecule has 0 radical (unpaired) electrons. The van der Waals surface area contributed by atoms with Crippen molar-refractivity contribution < 1.29 is 70.3 Å². The maximum atomic E-state index is 13.5. The van der Waals surface area contributed by atoms with Gasteiger partial charge in [0.05, 0.1) is 25.9 Å². The van der Waals surface area contributed by atoms with Crippen LogP contribution in [0.4, 0.5) is 21.2 Å². The first kappa shape index (κ1) is 49.8. The van der Waals surface area contributed by atoms with Gasteiger partial charge in [-0.3, -0.25) is 28.8 Å². The number of urea groups is 2. The van der Waals surface area contributed by atoms with Crippen molar-refractivity contribution in [2.24, 2.45) is 0 Å². The molecule has 4 fully saturated rings. The van der Waals surface area contributed by atoms with Gasteiger partial charge in [0.1, 0.15) is 49.3 Å². The molecule has 0 saturated carbocycles. The fourth-order valence-corrected chi connectivity index (χ4v) is 10.3. The number of carbonyl (C=O) groups excluding carboxylic acids is 2. The topological polar surface area (TPSA) is 327 Å². The maximum absolute atomic E-state index is 13.5. The van der Waals surface area contributed by atoms with E-state index in [-0.39, 0.29) is 34.0 Å². The Balaban J connectivity index is 0.835. The summed E-state index contributed by atoms with van der Waals surface area (Å²) < 4.78 is 82.5. The van der Waals surface area contributed by atoms with E-state index in [1.165, 1.54) is 34.4 Å². The lowest BCUT2D eigenvalue weighted by molar-refractivity contribution is -0.130. The van der Waals surface area contributed by atoms with Crippen LogP contribution in [0.2, 0.25) is 0 Å². The molecule has 380 valence electrons. The van der Waals surface area contributed by atoms with Gasteiger partial charge >= 0.3 is 27.7 Å². The molecule has 4 aromatic heterocycles. The van der Waals surface area contributed by atoms with E-state index in [1.807, 2.05) is 36.4 Å². The molecule has 12 atom stereocenters. The van der Waals surface area contributed by atoms with Crippen molar-refractivity contribution in [3.63, 3.8) is 0 Å². The minimum absolute atomic E-state index is 0.109. The van der Waals surface area contributed by atoms with Gasteiger partial charge in [0, 0.05) is 24.2 Å². The summed E-state index contributed by atoms with van der Waals surface area (Å²) in [5, 5.41) is 10.5. The van der Waals surface area contributed by atoms with Gasteiger partial charge in [-0.25, -0.2) is 48.6 Å². The number of carbonyl (C=O) groups is 2. The Kier molecular flexibility index (Phi) is 14.6. The predicted molar refractivity (Wildman–Crippen MR) is 250 cm³/mol. The van der Waals surface area contributed by atoms with E-state index < -0.39 is 103 Å². The molecule has 29 heteroatoms. The lowest BCUT2D eigenvalue weighted by Crippen LogP contribution is -2.32. The number of phosphoric acid groups is 2. The van der Waals surface area contributed by atoms with Gasteiger partial charge in [-0.05, 0) is 50.0 Å². The van der Waals surface area contributed by atoms with Crippen molar-refractivity contribution in [2.75, 3.05) is 36.9 Å². The second kappa shape index (κ2) is 21.4. The Morgan fingerprint density at radius 2 is 1.01 bits per heavy atom. The summed E-state index contributed by atoms with van der Waals surface area (Å²) in [6.07, 6.45) is -5.36. The van der Waals surface area contributed by atoms with Gasteiger partial charge in [-0.2, -0.15) is 4.31 Å². The molecule has 0 spiro atoms. The Hall–Kier alpha value is -6.78. The maximum Gasteiger partial charge on any atom is 0.481 e. The first-order valence-corrected chi connectivity index (χ1v) is 25.5. The highest BCUT2D eigenvalue weighted by Crippen LogP contribution is 2.61. The fraction of sp³-hybridized carbons (Fsp3) is 0.364. The van der Waals surface area contributed by atoms with E-state index in [2.05, 4.69) is 74.9 Å². The molecule has 8 heterocycles. The number of aromatic nitrogens is 8. The Bertz CT molecular complexity index is 3010. The van der Waals surface area contributed by atoms with E-state index >= 15 is 0 Å². The van der Waals surface area contributed by atoms with Gasteiger partial charge in [-0.15, -0.1) is 0 Å². The molecule has 4 aliphatic rings. The average Bonchev–Trinajstić information content (AvgIpc) is 4.24. The highest BCUT2D eigenvalue weighted by molar-refractivity contribution is 7.61. The molecule has 10 rings (SSSR count). The lowest BCUT2D eigenvalue weighted by atomic mass is 10.1. The number of hydrogen-bond acceptors (Lipinski definition) is 19. The zero-order valence-corrected chi connectivity index (χ0v) is 40.1. The molecular weight excluding hydrogens is 999 g/mol. The molecule has 0 bridgehead atoms. The summed E-state index contributed by atoms with van der Waals surface area (Å²) in [6.45, 7) is 2.75. The van der Waals surface area contributed by atoms with Gasteiger partial charge < -0.3 is 48.8 Å². The van der Waals surface area contributed by atoms with Crippen LogP contribution in [0.3, 0.4) is 0 Å². The van der Waals surface area contributed by atoms with Crippen LogP contribution in [-0.2, 0) is 50.9 Å². The van der Waals surface area contributed by atoms with Crippen molar-refractivity contribution in [3.05, 3.63) is 97.1 Å². The lowest BCUT2D eigenvalue weighted by Gasteiger charge is -2.22. The van der Waals surface area contributed by atoms with Crippen LogP contribution in [0, 0.1) is 23.7 Å². The standard InChI is InChI=1S/C44H44N12O15P2/c1-3-45-43(57)53-37-31-39(49-21-47-37)55(23-51-31)41-35-33(67-29(69-35)17-15-25-11-7-5-8-12-25)27(65-41)19-63-72(59,60)71-73(61,62)64-20-28-34-36(70-30(68-34)18-16-26-13-9-6-10-14-26)42(66-28)56-24-52-32-38(48-22-50-40(32)56)54-44(58)46-4-2/h5-14,21-24,27-30,33-36,41-42H,3-4,19-20H2,1-2H3,(H,59,60)(H,61,62)(H2,45,47,49,53,57)(H2,46,48,50,54,58)/t27-,28-,29?,30?,33?,34?,35?,36?,41-,42-/m1/s1. The zero-order chi connectivity index (χ0) is 50.7. The average molecular weight is 1040 g/mol. The van der Waals surface area contributed by atoms with Crippen LogP contribution in [0.25, 0.3) is 22.3 Å². The minimum Gasteiger partial charge on any atom is -0.347 e. The Morgan fingerprint density at radius 3 is 1.42 bits per heavy atom. The summed E-state index contributed by atoms with van der Waals surface area (Å²) in [5.74, 6) is 12.0. The molecule has 2 aromatic carbocycles. The number of imidazole rings is 2. The van der Waals surface area contributed by atoms with Crippen molar-refractivity contribution in [3.8, 4) is 23.7 Å². The van der Waals surface area contributed by atoms with E-state index in [0.29, 0.717) is 24.2 Å². The summed E-state index contributed by atoms with van der Waals surface area (Å²) in [7, 11) is -10.9. The van der Waals surface area contributed by atoms with E-state index in [0.717, 1.165) is 0 Å². The molecule has 4 saturated heterocycles. The normalized spacial score (nSPS) is 26.6. The predicted octanol–water partition coefficient (Wildman–Crippen LogP) is 3.32.